The maximum atomic E-state index is 13.1. The minimum absolute atomic E-state index is 0.128. The summed E-state index contributed by atoms with van der Waals surface area (Å²) >= 11 is 1.21. The highest BCUT2D eigenvalue weighted by atomic mass is 32.1. The van der Waals surface area contributed by atoms with Gasteiger partial charge in [0.1, 0.15) is 17.1 Å². The molecule has 1 spiro atoms. The molecule has 2 aliphatic rings. The second-order valence-electron chi connectivity index (χ2n) is 9.95. The molecule has 1 aromatic rings. The van der Waals surface area contributed by atoms with E-state index >= 15 is 0 Å². The minimum Gasteiger partial charge on any atom is -0.465 e. The van der Waals surface area contributed by atoms with Gasteiger partial charge >= 0.3 is 18.0 Å². The number of ether oxygens (including phenoxy) is 2. The number of methoxy groups -OCH3 is 1. The number of thiophene rings is 1. The van der Waals surface area contributed by atoms with E-state index in [1.165, 1.54) is 18.4 Å². The molecule has 2 heterocycles. The van der Waals surface area contributed by atoms with Crippen LogP contribution < -0.4 is 10.6 Å². The van der Waals surface area contributed by atoms with Gasteiger partial charge in [-0.3, -0.25) is 19.3 Å². The number of esters is 2. The first-order valence-corrected chi connectivity index (χ1v) is 11.9. The Morgan fingerprint density at radius 2 is 1.88 bits per heavy atom. The quantitative estimate of drug-likeness (QED) is 0.460. The lowest BCUT2D eigenvalue weighted by Crippen LogP contribution is -2.54. The summed E-state index contributed by atoms with van der Waals surface area (Å²) in [5.41, 5.74) is -0.206. The Hall–Kier alpha value is -2.95. The molecular formula is C23H31N3O7S. The standard InChI is InChI=1S/C23H31N3O7S/c1-12-7-22(4,5)11-23(8-12)20(30)26(21(31)25-23)9-16(28)33-10-15(27)24-18-17(19(29)32-6)13(2)14(3)34-18/h12H,7-11H2,1-6H3,(H,24,27)(H,25,31)/t12-,23-/m0/s1. The number of anilines is 1. The summed E-state index contributed by atoms with van der Waals surface area (Å²) in [5, 5.41) is 5.65. The van der Waals surface area contributed by atoms with Gasteiger partial charge in [-0.2, -0.15) is 0 Å². The van der Waals surface area contributed by atoms with Crippen LogP contribution in [0.15, 0.2) is 0 Å². The molecule has 2 fully saturated rings. The highest BCUT2D eigenvalue weighted by Gasteiger charge is 2.56. The Morgan fingerprint density at radius 1 is 1.21 bits per heavy atom. The van der Waals surface area contributed by atoms with E-state index in [4.69, 9.17) is 9.47 Å². The van der Waals surface area contributed by atoms with Gasteiger partial charge in [-0.05, 0) is 50.0 Å². The van der Waals surface area contributed by atoms with Crippen molar-refractivity contribution in [2.75, 3.05) is 25.6 Å². The van der Waals surface area contributed by atoms with E-state index in [2.05, 4.69) is 24.5 Å². The van der Waals surface area contributed by atoms with E-state index in [0.29, 0.717) is 23.4 Å². The summed E-state index contributed by atoms with van der Waals surface area (Å²) in [5.74, 6) is -2.32. The van der Waals surface area contributed by atoms with Gasteiger partial charge in [-0.15, -0.1) is 11.3 Å². The first kappa shape index (κ1) is 25.7. The van der Waals surface area contributed by atoms with Gasteiger partial charge in [0.15, 0.2) is 6.61 Å². The number of amides is 4. The summed E-state index contributed by atoms with van der Waals surface area (Å²) in [7, 11) is 1.25. The molecular weight excluding hydrogens is 462 g/mol. The van der Waals surface area contributed by atoms with Crippen LogP contribution in [-0.4, -0.2) is 60.5 Å². The normalized spacial score (nSPS) is 23.6. The number of hydrogen-bond acceptors (Lipinski definition) is 8. The second-order valence-corrected chi connectivity index (χ2v) is 11.2. The van der Waals surface area contributed by atoms with Crippen molar-refractivity contribution in [3.8, 4) is 0 Å². The molecule has 10 nitrogen and oxygen atoms in total. The number of carbonyl (C=O) groups is 5. The number of rotatable bonds is 6. The zero-order valence-corrected chi connectivity index (χ0v) is 21.1. The number of hydrogen-bond donors (Lipinski definition) is 2. The largest absolute Gasteiger partial charge is 0.465 e. The molecule has 11 heteroatoms. The smallest absolute Gasteiger partial charge is 0.341 e. The van der Waals surface area contributed by atoms with Gasteiger partial charge in [0.05, 0.1) is 12.7 Å². The van der Waals surface area contributed by atoms with Gasteiger partial charge in [-0.1, -0.05) is 20.8 Å². The number of aryl methyl sites for hydroxylation is 1. The molecule has 0 radical (unpaired) electrons. The molecule has 2 N–H and O–H groups in total. The van der Waals surface area contributed by atoms with Crippen LogP contribution in [0, 0.1) is 25.2 Å². The van der Waals surface area contributed by atoms with Crippen LogP contribution in [0.2, 0.25) is 0 Å². The van der Waals surface area contributed by atoms with E-state index in [9.17, 15) is 24.0 Å². The fourth-order valence-electron chi connectivity index (χ4n) is 5.20. The molecule has 1 aromatic heterocycles. The molecule has 3 rings (SSSR count). The predicted octanol–water partition coefficient (Wildman–Crippen LogP) is 2.77. The van der Waals surface area contributed by atoms with E-state index in [1.807, 2.05) is 6.92 Å². The summed E-state index contributed by atoms with van der Waals surface area (Å²) in [6.45, 7) is 8.49. The zero-order chi connectivity index (χ0) is 25.4. The average Bonchev–Trinajstić information content (AvgIpc) is 3.11. The van der Waals surface area contributed by atoms with Crippen LogP contribution in [0.5, 0.6) is 0 Å². The maximum Gasteiger partial charge on any atom is 0.341 e. The topological polar surface area (TPSA) is 131 Å². The third kappa shape index (κ3) is 5.08. The fourth-order valence-corrected chi connectivity index (χ4v) is 6.26. The summed E-state index contributed by atoms with van der Waals surface area (Å²) in [4.78, 5) is 64.0. The van der Waals surface area contributed by atoms with Crippen LogP contribution in [0.4, 0.5) is 9.80 Å². The van der Waals surface area contributed by atoms with E-state index in [-0.39, 0.29) is 16.9 Å². The van der Waals surface area contributed by atoms with Crippen molar-refractivity contribution in [3.63, 3.8) is 0 Å². The average molecular weight is 494 g/mol. The van der Waals surface area contributed by atoms with Gasteiger partial charge < -0.3 is 20.1 Å². The van der Waals surface area contributed by atoms with Crippen LogP contribution in [0.3, 0.4) is 0 Å². The SMILES string of the molecule is COC(=O)c1c(NC(=O)COC(=O)CN2C(=O)N[C@]3(C[C@@H](C)CC(C)(C)C3)C2=O)sc(C)c1C. The predicted molar refractivity (Wildman–Crippen MR) is 124 cm³/mol. The number of nitrogens with zero attached hydrogens (tertiary/aromatic N) is 1. The van der Waals surface area contributed by atoms with Crippen molar-refractivity contribution in [1.82, 2.24) is 10.2 Å². The molecule has 0 bridgehead atoms. The minimum atomic E-state index is -1.02. The molecule has 2 atom stereocenters. The Bertz CT molecular complexity index is 1050. The van der Waals surface area contributed by atoms with Gasteiger partial charge in [0.2, 0.25) is 0 Å². The first-order valence-electron chi connectivity index (χ1n) is 11.1. The van der Waals surface area contributed by atoms with Crippen molar-refractivity contribution in [2.24, 2.45) is 11.3 Å². The summed E-state index contributed by atoms with van der Waals surface area (Å²) in [6, 6.07) is -0.636. The van der Waals surface area contributed by atoms with Crippen LogP contribution >= 0.6 is 11.3 Å². The van der Waals surface area contributed by atoms with E-state index < -0.39 is 48.5 Å². The molecule has 0 aromatic carbocycles. The zero-order valence-electron chi connectivity index (χ0n) is 20.3. The van der Waals surface area contributed by atoms with Crippen molar-refractivity contribution < 1.29 is 33.4 Å². The Kier molecular flexibility index (Phi) is 7.07. The van der Waals surface area contributed by atoms with Crippen LogP contribution in [0.1, 0.15) is 60.8 Å². The lowest BCUT2D eigenvalue weighted by molar-refractivity contribution is -0.150. The molecule has 4 amide bonds. The van der Waals surface area contributed by atoms with Crippen molar-refractivity contribution in [1.29, 1.82) is 0 Å². The Morgan fingerprint density at radius 3 is 2.50 bits per heavy atom. The maximum absolute atomic E-state index is 13.1. The van der Waals surface area contributed by atoms with Gasteiger partial charge in [-0.25, -0.2) is 9.59 Å². The monoisotopic (exact) mass is 493 g/mol. The first-order chi connectivity index (χ1) is 15.8. The second kappa shape index (κ2) is 9.36. The molecule has 34 heavy (non-hydrogen) atoms. The third-order valence-corrected chi connectivity index (χ3v) is 7.43. The van der Waals surface area contributed by atoms with Crippen LogP contribution in [0.25, 0.3) is 0 Å². The van der Waals surface area contributed by atoms with Gasteiger partial charge in [0, 0.05) is 4.88 Å². The molecule has 1 saturated heterocycles. The number of nitrogens with one attached hydrogen (secondary N) is 2. The Balaban J connectivity index is 1.59. The molecule has 0 unspecified atom stereocenters. The number of imide groups is 1. The molecule has 1 saturated carbocycles. The van der Waals surface area contributed by atoms with E-state index in [1.54, 1.807) is 13.8 Å². The van der Waals surface area contributed by atoms with E-state index in [0.717, 1.165) is 16.2 Å². The van der Waals surface area contributed by atoms with Crippen molar-refractivity contribution in [2.45, 2.75) is 59.4 Å². The highest BCUT2D eigenvalue weighted by molar-refractivity contribution is 7.16. The Labute approximate surface area is 202 Å². The highest BCUT2D eigenvalue weighted by Crippen LogP contribution is 2.46. The summed E-state index contributed by atoms with van der Waals surface area (Å²) in [6.07, 6.45) is 1.94. The third-order valence-electron chi connectivity index (χ3n) is 6.30. The van der Waals surface area contributed by atoms with Gasteiger partial charge in [0.25, 0.3) is 11.8 Å². The molecule has 1 aliphatic carbocycles. The fraction of sp³-hybridized carbons (Fsp3) is 0.609. The lowest BCUT2D eigenvalue weighted by atomic mass is 9.64. The number of urea groups is 1. The summed E-state index contributed by atoms with van der Waals surface area (Å²) < 4.78 is 9.77. The molecule has 186 valence electrons. The van der Waals surface area contributed by atoms with Crippen molar-refractivity contribution >= 4 is 46.1 Å². The molecule has 1 aliphatic heterocycles. The lowest BCUT2D eigenvalue weighted by Gasteiger charge is -2.43. The van der Waals surface area contributed by atoms with Crippen LogP contribution in [-0.2, 0) is 23.9 Å². The van der Waals surface area contributed by atoms with Crippen molar-refractivity contribution in [3.05, 3.63) is 16.0 Å². The number of carbonyl (C=O) groups excluding carboxylic acids is 5.